The highest BCUT2D eigenvalue weighted by atomic mass is 16.5. The molecule has 1 saturated heterocycles. The Labute approximate surface area is 207 Å². The number of likely N-dealkylation sites (tertiary alicyclic amines) is 1. The van der Waals surface area contributed by atoms with Crippen LogP contribution in [0.2, 0.25) is 0 Å². The largest absolute Gasteiger partial charge is 0.507 e. The molecule has 0 saturated carbocycles. The van der Waals surface area contributed by atoms with Crippen molar-refractivity contribution in [3.8, 4) is 11.5 Å². The molecule has 7 heteroatoms. The Kier molecular flexibility index (Phi) is 9.73. The minimum absolute atomic E-state index is 0.0601. The number of aliphatic hydroxyl groups excluding tert-OH is 1. The fourth-order valence-corrected chi connectivity index (χ4v) is 4.02. The zero-order valence-corrected chi connectivity index (χ0v) is 20.8. The van der Waals surface area contributed by atoms with Gasteiger partial charge in [-0.3, -0.25) is 9.59 Å². The van der Waals surface area contributed by atoms with Crippen molar-refractivity contribution in [2.24, 2.45) is 0 Å². The van der Waals surface area contributed by atoms with Crippen molar-refractivity contribution in [3.63, 3.8) is 0 Å². The number of hydrogen-bond acceptors (Lipinski definition) is 6. The average molecular weight is 482 g/mol. The van der Waals surface area contributed by atoms with Gasteiger partial charge in [-0.2, -0.15) is 0 Å². The van der Waals surface area contributed by atoms with E-state index in [9.17, 15) is 14.7 Å². The number of carbonyl (C=O) groups excluding carboxylic acids is 2. The number of aliphatic hydroxyl groups is 1. The first-order valence-electron chi connectivity index (χ1n) is 12.2. The second-order valence-corrected chi connectivity index (χ2v) is 8.48. The van der Waals surface area contributed by atoms with Gasteiger partial charge in [0.25, 0.3) is 11.7 Å². The van der Waals surface area contributed by atoms with Gasteiger partial charge in [0.05, 0.1) is 31.4 Å². The van der Waals surface area contributed by atoms with Crippen LogP contribution in [0.3, 0.4) is 0 Å². The molecule has 0 bridgehead atoms. The van der Waals surface area contributed by atoms with E-state index in [0.29, 0.717) is 35.8 Å². The molecule has 1 atom stereocenters. The molecule has 188 valence electrons. The molecule has 3 rings (SSSR count). The van der Waals surface area contributed by atoms with Crippen molar-refractivity contribution in [2.45, 2.75) is 45.6 Å². The first-order chi connectivity index (χ1) is 17.0. The number of carbonyl (C=O) groups is 2. The van der Waals surface area contributed by atoms with E-state index in [1.54, 1.807) is 24.3 Å². The lowest BCUT2D eigenvalue weighted by Crippen LogP contribution is -2.32. The molecule has 1 amide bonds. The number of hydrogen-bond donors (Lipinski definition) is 1. The predicted molar refractivity (Wildman–Crippen MR) is 135 cm³/mol. The van der Waals surface area contributed by atoms with E-state index in [1.165, 1.54) is 12.0 Å². The number of ether oxygens (including phenoxy) is 3. The van der Waals surface area contributed by atoms with Gasteiger partial charge in [-0.25, -0.2) is 0 Å². The number of ketones is 1. The fraction of sp³-hybridized carbons (Fsp3) is 0.429. The Morgan fingerprint density at radius 2 is 1.49 bits per heavy atom. The Hall–Kier alpha value is -3.32. The summed E-state index contributed by atoms with van der Waals surface area (Å²) in [7, 11) is 1.54. The molecule has 1 unspecified atom stereocenters. The average Bonchev–Trinajstić information content (AvgIpc) is 3.14. The van der Waals surface area contributed by atoms with E-state index < -0.39 is 17.7 Å². The lowest BCUT2D eigenvalue weighted by atomic mass is 9.95. The van der Waals surface area contributed by atoms with E-state index in [-0.39, 0.29) is 24.5 Å². The second kappa shape index (κ2) is 13.0. The Bertz CT molecular complexity index is 1010. The number of nitrogens with zero attached hydrogens (tertiary/aromatic N) is 1. The number of benzene rings is 2. The van der Waals surface area contributed by atoms with Crippen molar-refractivity contribution >= 4 is 17.4 Å². The SMILES string of the molecule is CCCCCOc1ccc(/C(O)=C2\C(=O)C(=O)N(CCOC)C2c2ccc(OCCC)cc2)cc1. The van der Waals surface area contributed by atoms with Crippen LogP contribution in [-0.2, 0) is 14.3 Å². The summed E-state index contributed by atoms with van der Waals surface area (Å²) in [5.41, 5.74) is 1.22. The lowest BCUT2D eigenvalue weighted by Gasteiger charge is -2.25. The molecule has 1 aliphatic rings. The normalized spacial score (nSPS) is 17.1. The van der Waals surface area contributed by atoms with E-state index in [4.69, 9.17) is 14.2 Å². The van der Waals surface area contributed by atoms with Gasteiger partial charge in [-0.15, -0.1) is 0 Å². The van der Waals surface area contributed by atoms with Crippen LogP contribution < -0.4 is 9.47 Å². The molecule has 35 heavy (non-hydrogen) atoms. The van der Waals surface area contributed by atoms with Gasteiger partial charge in [-0.1, -0.05) is 38.8 Å². The summed E-state index contributed by atoms with van der Waals surface area (Å²) in [6, 6.07) is 13.5. The highest BCUT2D eigenvalue weighted by molar-refractivity contribution is 6.46. The topological polar surface area (TPSA) is 85.3 Å². The van der Waals surface area contributed by atoms with Gasteiger partial charge in [0.2, 0.25) is 0 Å². The molecule has 2 aromatic carbocycles. The smallest absolute Gasteiger partial charge is 0.295 e. The summed E-state index contributed by atoms with van der Waals surface area (Å²) >= 11 is 0. The molecule has 7 nitrogen and oxygen atoms in total. The third kappa shape index (κ3) is 6.42. The van der Waals surface area contributed by atoms with Crippen LogP contribution in [0.15, 0.2) is 54.1 Å². The molecule has 2 aromatic rings. The minimum Gasteiger partial charge on any atom is -0.507 e. The van der Waals surface area contributed by atoms with Crippen LogP contribution in [0.25, 0.3) is 5.76 Å². The molecule has 0 radical (unpaired) electrons. The number of Topliss-reactive ketones (excluding diaryl/α,β-unsaturated/α-hetero) is 1. The maximum absolute atomic E-state index is 13.1. The first-order valence-corrected chi connectivity index (χ1v) is 12.2. The quantitative estimate of drug-likeness (QED) is 0.185. The van der Waals surface area contributed by atoms with E-state index in [2.05, 4.69) is 6.92 Å². The minimum atomic E-state index is -0.727. The van der Waals surface area contributed by atoms with Crippen molar-refractivity contribution in [1.82, 2.24) is 4.90 Å². The summed E-state index contributed by atoms with van der Waals surface area (Å²) in [5.74, 6) is -0.181. The van der Waals surface area contributed by atoms with E-state index in [1.807, 2.05) is 31.2 Å². The van der Waals surface area contributed by atoms with Gasteiger partial charge in [0.1, 0.15) is 17.3 Å². The van der Waals surface area contributed by atoms with Crippen LogP contribution >= 0.6 is 0 Å². The summed E-state index contributed by atoms with van der Waals surface area (Å²) in [4.78, 5) is 27.4. The molecule has 0 spiro atoms. The van der Waals surface area contributed by atoms with Crippen LogP contribution in [0.5, 0.6) is 11.5 Å². The molecular weight excluding hydrogens is 446 g/mol. The zero-order valence-electron chi connectivity index (χ0n) is 20.8. The fourth-order valence-electron chi connectivity index (χ4n) is 4.02. The Morgan fingerprint density at radius 1 is 0.857 bits per heavy atom. The maximum Gasteiger partial charge on any atom is 0.295 e. The van der Waals surface area contributed by atoms with Crippen molar-refractivity contribution < 1.29 is 28.9 Å². The summed E-state index contributed by atoms with van der Waals surface area (Å²) in [6.45, 7) is 5.89. The van der Waals surface area contributed by atoms with Crippen LogP contribution in [-0.4, -0.2) is 55.2 Å². The van der Waals surface area contributed by atoms with Crippen LogP contribution in [0.1, 0.15) is 56.7 Å². The second-order valence-electron chi connectivity index (χ2n) is 8.48. The van der Waals surface area contributed by atoms with Crippen molar-refractivity contribution in [2.75, 3.05) is 33.5 Å². The lowest BCUT2D eigenvalue weighted by molar-refractivity contribution is -0.140. The summed E-state index contributed by atoms with van der Waals surface area (Å²) in [6.07, 6.45) is 4.09. The Balaban J connectivity index is 1.93. The van der Waals surface area contributed by atoms with E-state index in [0.717, 1.165) is 25.7 Å². The van der Waals surface area contributed by atoms with Gasteiger partial charge in [0.15, 0.2) is 0 Å². The number of methoxy groups -OCH3 is 1. The third-order valence-corrected chi connectivity index (χ3v) is 5.89. The van der Waals surface area contributed by atoms with Gasteiger partial charge < -0.3 is 24.2 Å². The van der Waals surface area contributed by atoms with Crippen LogP contribution in [0, 0.1) is 0 Å². The molecule has 1 N–H and O–H groups in total. The molecule has 1 fully saturated rings. The molecule has 0 aromatic heterocycles. The van der Waals surface area contributed by atoms with Crippen LogP contribution in [0.4, 0.5) is 0 Å². The summed E-state index contributed by atoms with van der Waals surface area (Å²) < 4.78 is 16.6. The highest BCUT2D eigenvalue weighted by Gasteiger charge is 2.45. The highest BCUT2D eigenvalue weighted by Crippen LogP contribution is 2.39. The predicted octanol–water partition coefficient (Wildman–Crippen LogP) is 5.11. The molecule has 1 heterocycles. The monoisotopic (exact) mass is 481 g/mol. The molecule has 0 aliphatic carbocycles. The third-order valence-electron chi connectivity index (χ3n) is 5.89. The van der Waals surface area contributed by atoms with E-state index >= 15 is 0 Å². The number of rotatable bonds is 13. The molecular formula is C28H35NO6. The number of amides is 1. The van der Waals surface area contributed by atoms with Gasteiger partial charge >= 0.3 is 0 Å². The van der Waals surface area contributed by atoms with Gasteiger partial charge in [-0.05, 0) is 54.8 Å². The zero-order chi connectivity index (χ0) is 25.2. The first kappa shape index (κ1) is 26.3. The number of unbranched alkanes of at least 4 members (excludes halogenated alkanes) is 2. The maximum atomic E-state index is 13.1. The van der Waals surface area contributed by atoms with Gasteiger partial charge in [0, 0.05) is 19.2 Å². The standard InChI is InChI=1S/C28H35NO6/c1-4-6-7-18-35-23-14-10-21(11-15-23)26(30)24-25(29(16-19-33-3)28(32)27(24)31)20-8-12-22(13-9-20)34-17-5-2/h8-15,25,30H,4-7,16-19H2,1-3H3/b26-24+. The van der Waals surface area contributed by atoms with Crippen molar-refractivity contribution in [1.29, 1.82) is 0 Å². The van der Waals surface area contributed by atoms with Crippen molar-refractivity contribution in [3.05, 3.63) is 65.2 Å². The summed E-state index contributed by atoms with van der Waals surface area (Å²) in [5, 5.41) is 11.2. The molecule has 1 aliphatic heterocycles. The Morgan fingerprint density at radius 3 is 2.09 bits per heavy atom.